The Morgan fingerprint density at radius 3 is 3.24 bits per heavy atom. The Kier molecular flexibility index (Phi) is 3.25. The maximum absolute atomic E-state index is 4.54. The van der Waals surface area contributed by atoms with Crippen molar-refractivity contribution in [3.63, 3.8) is 0 Å². The fourth-order valence-electron chi connectivity index (χ4n) is 1.85. The van der Waals surface area contributed by atoms with Crippen molar-refractivity contribution in [2.24, 2.45) is 0 Å². The first-order chi connectivity index (χ1) is 8.42. The molecular weight excluding hydrogens is 230 g/mol. The number of hydrogen-bond acceptors (Lipinski definition) is 3. The highest BCUT2D eigenvalue weighted by Gasteiger charge is 2.19. The first-order valence-electron chi connectivity index (χ1n) is 6.21. The molecule has 1 saturated carbocycles. The second kappa shape index (κ2) is 5.02. The zero-order valence-electron chi connectivity index (χ0n) is 9.80. The van der Waals surface area contributed by atoms with Gasteiger partial charge in [-0.1, -0.05) is 12.2 Å². The highest BCUT2D eigenvalue weighted by molar-refractivity contribution is 7.15. The van der Waals surface area contributed by atoms with Crippen LogP contribution in [0.2, 0.25) is 0 Å². The molecule has 2 aromatic rings. The lowest BCUT2D eigenvalue weighted by Crippen LogP contribution is -2.16. The lowest BCUT2D eigenvalue weighted by Gasteiger charge is -1.96. The molecule has 1 fully saturated rings. The molecule has 0 unspecified atom stereocenters. The Bertz CT molecular complexity index is 479. The average Bonchev–Trinajstić information content (AvgIpc) is 2.90. The van der Waals surface area contributed by atoms with Crippen molar-refractivity contribution in [3.05, 3.63) is 35.6 Å². The van der Waals surface area contributed by atoms with Crippen LogP contribution in [0.5, 0.6) is 0 Å². The van der Waals surface area contributed by atoms with Crippen molar-refractivity contribution < 1.29 is 0 Å². The van der Waals surface area contributed by atoms with E-state index in [1.807, 2.05) is 0 Å². The lowest BCUT2D eigenvalue weighted by atomic mass is 10.3. The summed E-state index contributed by atoms with van der Waals surface area (Å²) in [6.07, 6.45) is 13.4. The third-order valence-corrected chi connectivity index (χ3v) is 3.73. The summed E-state index contributed by atoms with van der Waals surface area (Å²) in [6, 6.07) is 0.823. The molecule has 4 heteroatoms. The van der Waals surface area contributed by atoms with Crippen LogP contribution in [-0.2, 0) is 6.42 Å². The second-order valence-electron chi connectivity index (χ2n) is 4.52. The molecule has 0 aromatic carbocycles. The standard InChI is InChI=1S/C13H17N3S/c1(3-7-14-11-5-6-11)2-4-12-10-16-8-9-17-13(16)15-12/h1-2,8-11,14H,3-7H2/b2-1+. The van der Waals surface area contributed by atoms with Gasteiger partial charge in [-0.2, -0.15) is 0 Å². The first kappa shape index (κ1) is 11.0. The average molecular weight is 247 g/mol. The van der Waals surface area contributed by atoms with Gasteiger partial charge in [0.05, 0.1) is 5.69 Å². The van der Waals surface area contributed by atoms with Gasteiger partial charge in [-0.25, -0.2) is 4.98 Å². The summed E-state index contributed by atoms with van der Waals surface area (Å²) in [5, 5.41) is 5.56. The Labute approximate surface area is 105 Å². The molecule has 2 aromatic heterocycles. The van der Waals surface area contributed by atoms with Gasteiger partial charge in [0.2, 0.25) is 0 Å². The van der Waals surface area contributed by atoms with Crippen molar-refractivity contribution in [2.45, 2.75) is 31.7 Å². The van der Waals surface area contributed by atoms with Gasteiger partial charge in [0.1, 0.15) is 0 Å². The minimum absolute atomic E-state index is 0.823. The summed E-state index contributed by atoms with van der Waals surface area (Å²) in [5.41, 5.74) is 1.16. The molecule has 1 N–H and O–H groups in total. The summed E-state index contributed by atoms with van der Waals surface area (Å²) in [6.45, 7) is 1.11. The fourth-order valence-corrected chi connectivity index (χ4v) is 2.57. The van der Waals surface area contributed by atoms with E-state index in [1.54, 1.807) is 11.3 Å². The minimum Gasteiger partial charge on any atom is -0.314 e. The number of aromatic nitrogens is 2. The van der Waals surface area contributed by atoms with Crippen LogP contribution in [0.4, 0.5) is 0 Å². The zero-order valence-corrected chi connectivity index (χ0v) is 10.6. The number of nitrogens with one attached hydrogen (secondary N) is 1. The van der Waals surface area contributed by atoms with Crippen LogP contribution >= 0.6 is 11.3 Å². The summed E-state index contributed by atoms with van der Waals surface area (Å²) >= 11 is 1.68. The minimum atomic E-state index is 0.823. The van der Waals surface area contributed by atoms with E-state index in [0.717, 1.165) is 36.1 Å². The molecule has 1 aliphatic carbocycles. The third-order valence-electron chi connectivity index (χ3n) is 2.96. The molecular formula is C13H17N3S. The molecule has 0 atom stereocenters. The van der Waals surface area contributed by atoms with Gasteiger partial charge in [0.15, 0.2) is 4.96 Å². The van der Waals surface area contributed by atoms with E-state index >= 15 is 0 Å². The van der Waals surface area contributed by atoms with Crippen molar-refractivity contribution >= 4 is 16.3 Å². The van der Waals surface area contributed by atoms with Crippen LogP contribution in [0, 0.1) is 0 Å². The zero-order chi connectivity index (χ0) is 11.5. The second-order valence-corrected chi connectivity index (χ2v) is 5.39. The summed E-state index contributed by atoms with van der Waals surface area (Å²) < 4.78 is 2.09. The van der Waals surface area contributed by atoms with Gasteiger partial charge in [0.25, 0.3) is 0 Å². The molecule has 1 aliphatic rings. The van der Waals surface area contributed by atoms with Gasteiger partial charge in [0, 0.05) is 30.2 Å². The topological polar surface area (TPSA) is 29.3 Å². The summed E-state index contributed by atoms with van der Waals surface area (Å²) in [5.74, 6) is 0. The predicted octanol–water partition coefficient (Wildman–Crippen LogP) is 2.64. The highest BCUT2D eigenvalue weighted by atomic mass is 32.1. The molecule has 0 saturated heterocycles. The van der Waals surface area contributed by atoms with E-state index in [9.17, 15) is 0 Å². The SMILES string of the molecule is C(=C\Cc1cn2ccsc2n1)/CCNC1CC1. The van der Waals surface area contributed by atoms with Gasteiger partial charge in [-0.3, -0.25) is 4.40 Å². The van der Waals surface area contributed by atoms with E-state index in [-0.39, 0.29) is 0 Å². The Morgan fingerprint density at radius 1 is 1.47 bits per heavy atom. The molecule has 0 spiro atoms. The van der Waals surface area contributed by atoms with E-state index in [1.165, 1.54) is 12.8 Å². The van der Waals surface area contributed by atoms with Crippen molar-refractivity contribution in [2.75, 3.05) is 6.54 Å². The van der Waals surface area contributed by atoms with Crippen LogP contribution < -0.4 is 5.32 Å². The van der Waals surface area contributed by atoms with E-state index in [4.69, 9.17) is 0 Å². The van der Waals surface area contributed by atoms with E-state index < -0.39 is 0 Å². The molecule has 0 bridgehead atoms. The van der Waals surface area contributed by atoms with Crippen molar-refractivity contribution in [3.8, 4) is 0 Å². The Morgan fingerprint density at radius 2 is 2.41 bits per heavy atom. The quantitative estimate of drug-likeness (QED) is 0.628. The molecule has 0 aliphatic heterocycles. The number of nitrogens with zero attached hydrogens (tertiary/aromatic N) is 2. The monoisotopic (exact) mass is 247 g/mol. The lowest BCUT2D eigenvalue weighted by molar-refractivity contribution is 0.690. The number of fused-ring (bicyclic) bond motifs is 1. The number of rotatable bonds is 6. The van der Waals surface area contributed by atoms with Crippen molar-refractivity contribution in [1.29, 1.82) is 0 Å². The Balaban J connectivity index is 1.43. The van der Waals surface area contributed by atoms with E-state index in [0.29, 0.717) is 0 Å². The van der Waals surface area contributed by atoms with Crippen LogP contribution in [0.3, 0.4) is 0 Å². The number of imidazole rings is 1. The van der Waals surface area contributed by atoms with Gasteiger partial charge >= 0.3 is 0 Å². The first-order valence-corrected chi connectivity index (χ1v) is 7.09. The number of hydrogen-bond donors (Lipinski definition) is 1. The molecule has 0 amide bonds. The molecule has 2 heterocycles. The maximum atomic E-state index is 4.54. The summed E-state index contributed by atoms with van der Waals surface area (Å²) in [7, 11) is 0. The molecule has 17 heavy (non-hydrogen) atoms. The largest absolute Gasteiger partial charge is 0.314 e. The normalized spacial score (nSPS) is 16.2. The molecule has 3 rings (SSSR count). The third kappa shape index (κ3) is 2.96. The van der Waals surface area contributed by atoms with Gasteiger partial charge in [-0.15, -0.1) is 11.3 Å². The van der Waals surface area contributed by atoms with Gasteiger partial charge in [-0.05, 0) is 25.8 Å². The molecule has 90 valence electrons. The number of allylic oxidation sites excluding steroid dienone is 1. The fraction of sp³-hybridized carbons (Fsp3) is 0.462. The van der Waals surface area contributed by atoms with Crippen LogP contribution in [0.15, 0.2) is 29.9 Å². The maximum Gasteiger partial charge on any atom is 0.193 e. The summed E-state index contributed by atoms with van der Waals surface area (Å²) in [4.78, 5) is 5.63. The van der Waals surface area contributed by atoms with Gasteiger partial charge < -0.3 is 5.32 Å². The van der Waals surface area contributed by atoms with Crippen LogP contribution in [-0.4, -0.2) is 22.0 Å². The Hall–Kier alpha value is -1.13. The number of thiazole rings is 1. The molecule has 0 radical (unpaired) electrons. The van der Waals surface area contributed by atoms with Crippen LogP contribution in [0.1, 0.15) is 25.0 Å². The smallest absolute Gasteiger partial charge is 0.193 e. The van der Waals surface area contributed by atoms with Crippen LogP contribution in [0.25, 0.3) is 4.96 Å². The van der Waals surface area contributed by atoms with E-state index in [2.05, 4.69) is 44.6 Å². The molecule has 3 nitrogen and oxygen atoms in total. The predicted molar refractivity (Wildman–Crippen MR) is 71.6 cm³/mol. The highest BCUT2D eigenvalue weighted by Crippen LogP contribution is 2.18. The van der Waals surface area contributed by atoms with Crippen molar-refractivity contribution in [1.82, 2.24) is 14.7 Å².